The number of nitrogens with one attached hydrogen (secondary N) is 1. The number of hydrogen-bond donors (Lipinski definition) is 3. The SMILES string of the molecule is CC1(C(=O)NCC[C@H](O)C(=O)O)CCCO1. The average molecular weight is 231 g/mol. The first-order valence-electron chi connectivity index (χ1n) is 5.29. The first kappa shape index (κ1) is 12.9. The van der Waals surface area contributed by atoms with E-state index in [1.54, 1.807) is 6.92 Å². The summed E-state index contributed by atoms with van der Waals surface area (Å²) in [5.74, 6) is -1.53. The van der Waals surface area contributed by atoms with Gasteiger partial charge in [-0.15, -0.1) is 0 Å². The number of carboxylic acids is 1. The van der Waals surface area contributed by atoms with E-state index in [-0.39, 0.29) is 18.9 Å². The lowest BCUT2D eigenvalue weighted by Gasteiger charge is -2.22. The maximum Gasteiger partial charge on any atom is 0.332 e. The van der Waals surface area contributed by atoms with Gasteiger partial charge in [-0.1, -0.05) is 0 Å². The molecule has 1 heterocycles. The molecule has 0 aromatic heterocycles. The van der Waals surface area contributed by atoms with E-state index in [1.807, 2.05) is 0 Å². The Kier molecular flexibility index (Phi) is 4.26. The molecule has 1 aliphatic heterocycles. The Morgan fingerprint density at radius 3 is 2.75 bits per heavy atom. The summed E-state index contributed by atoms with van der Waals surface area (Å²) in [6.45, 7) is 2.41. The molecule has 1 amide bonds. The molecular weight excluding hydrogens is 214 g/mol. The molecule has 0 radical (unpaired) electrons. The minimum atomic E-state index is -1.43. The zero-order valence-corrected chi connectivity index (χ0v) is 9.23. The maximum atomic E-state index is 11.7. The maximum absolute atomic E-state index is 11.7. The van der Waals surface area contributed by atoms with Gasteiger partial charge in [-0.05, 0) is 19.8 Å². The Balaban J connectivity index is 2.27. The van der Waals surface area contributed by atoms with Gasteiger partial charge < -0.3 is 20.3 Å². The lowest BCUT2D eigenvalue weighted by atomic mass is 10.0. The van der Waals surface area contributed by atoms with Crippen molar-refractivity contribution in [2.75, 3.05) is 13.2 Å². The number of aliphatic hydroxyl groups is 1. The topological polar surface area (TPSA) is 95.9 Å². The second-order valence-electron chi connectivity index (χ2n) is 4.08. The van der Waals surface area contributed by atoms with Crippen LogP contribution in [0.15, 0.2) is 0 Å². The van der Waals surface area contributed by atoms with Gasteiger partial charge >= 0.3 is 5.97 Å². The fourth-order valence-electron chi connectivity index (χ4n) is 1.59. The number of aliphatic hydroxyl groups excluding tert-OH is 1. The Labute approximate surface area is 93.6 Å². The molecule has 0 saturated carbocycles. The van der Waals surface area contributed by atoms with E-state index >= 15 is 0 Å². The zero-order valence-electron chi connectivity index (χ0n) is 9.23. The monoisotopic (exact) mass is 231 g/mol. The van der Waals surface area contributed by atoms with Gasteiger partial charge in [-0.2, -0.15) is 0 Å². The van der Waals surface area contributed by atoms with Crippen molar-refractivity contribution in [2.45, 2.75) is 37.9 Å². The number of amides is 1. The number of ether oxygens (including phenoxy) is 1. The Bertz CT molecular complexity index is 272. The van der Waals surface area contributed by atoms with Crippen molar-refractivity contribution in [1.82, 2.24) is 5.32 Å². The van der Waals surface area contributed by atoms with Gasteiger partial charge in [0.1, 0.15) is 5.60 Å². The summed E-state index contributed by atoms with van der Waals surface area (Å²) >= 11 is 0. The highest BCUT2D eigenvalue weighted by atomic mass is 16.5. The molecule has 0 aromatic rings. The molecule has 6 heteroatoms. The van der Waals surface area contributed by atoms with Crippen LogP contribution in [0, 0.1) is 0 Å². The summed E-state index contributed by atoms with van der Waals surface area (Å²) in [7, 11) is 0. The van der Waals surface area contributed by atoms with Crippen LogP contribution in [0.5, 0.6) is 0 Å². The highest BCUT2D eigenvalue weighted by Crippen LogP contribution is 2.24. The lowest BCUT2D eigenvalue weighted by Crippen LogP contribution is -2.45. The van der Waals surface area contributed by atoms with E-state index in [0.29, 0.717) is 13.0 Å². The van der Waals surface area contributed by atoms with Crippen LogP contribution in [-0.2, 0) is 14.3 Å². The van der Waals surface area contributed by atoms with Crippen LogP contribution in [0.1, 0.15) is 26.2 Å². The molecule has 0 aromatic carbocycles. The van der Waals surface area contributed by atoms with E-state index in [0.717, 1.165) is 6.42 Å². The summed E-state index contributed by atoms with van der Waals surface area (Å²) in [6, 6.07) is 0. The van der Waals surface area contributed by atoms with Crippen molar-refractivity contribution >= 4 is 11.9 Å². The average Bonchev–Trinajstić information content (AvgIpc) is 2.66. The smallest absolute Gasteiger partial charge is 0.332 e. The molecule has 3 N–H and O–H groups in total. The quantitative estimate of drug-likeness (QED) is 0.593. The Hall–Kier alpha value is -1.14. The third-order valence-electron chi connectivity index (χ3n) is 2.69. The molecular formula is C10H17NO5. The molecule has 92 valence electrons. The minimum absolute atomic E-state index is 0.00282. The molecule has 0 spiro atoms. The Morgan fingerprint density at radius 2 is 2.25 bits per heavy atom. The highest BCUT2D eigenvalue weighted by Gasteiger charge is 2.37. The lowest BCUT2D eigenvalue weighted by molar-refractivity contribution is -0.147. The molecule has 0 aliphatic carbocycles. The van der Waals surface area contributed by atoms with E-state index in [4.69, 9.17) is 14.9 Å². The summed E-state index contributed by atoms with van der Waals surface area (Å²) in [5, 5.41) is 20.0. The van der Waals surface area contributed by atoms with Crippen molar-refractivity contribution in [3.63, 3.8) is 0 Å². The van der Waals surface area contributed by atoms with Gasteiger partial charge in [0, 0.05) is 19.6 Å². The van der Waals surface area contributed by atoms with E-state index in [2.05, 4.69) is 5.32 Å². The number of rotatable bonds is 5. The Morgan fingerprint density at radius 1 is 1.56 bits per heavy atom. The van der Waals surface area contributed by atoms with Crippen molar-refractivity contribution in [2.24, 2.45) is 0 Å². The number of aliphatic carboxylic acids is 1. The molecule has 2 atom stereocenters. The molecule has 1 fully saturated rings. The van der Waals surface area contributed by atoms with Crippen LogP contribution in [0.4, 0.5) is 0 Å². The van der Waals surface area contributed by atoms with Crippen molar-refractivity contribution in [1.29, 1.82) is 0 Å². The van der Waals surface area contributed by atoms with E-state index in [1.165, 1.54) is 0 Å². The van der Waals surface area contributed by atoms with E-state index < -0.39 is 17.7 Å². The molecule has 1 unspecified atom stereocenters. The zero-order chi connectivity index (χ0) is 12.2. The fourth-order valence-corrected chi connectivity index (χ4v) is 1.59. The van der Waals surface area contributed by atoms with Crippen LogP contribution in [-0.4, -0.2) is 46.9 Å². The van der Waals surface area contributed by atoms with Crippen molar-refractivity contribution < 1.29 is 24.5 Å². The van der Waals surface area contributed by atoms with Crippen LogP contribution in [0.25, 0.3) is 0 Å². The third kappa shape index (κ3) is 3.18. The minimum Gasteiger partial charge on any atom is -0.479 e. The highest BCUT2D eigenvalue weighted by molar-refractivity contribution is 5.85. The summed E-state index contributed by atoms with van der Waals surface area (Å²) < 4.78 is 5.32. The first-order chi connectivity index (χ1) is 7.46. The van der Waals surface area contributed by atoms with E-state index in [9.17, 15) is 9.59 Å². The number of carbonyl (C=O) groups is 2. The largest absolute Gasteiger partial charge is 0.479 e. The normalized spacial score (nSPS) is 26.4. The predicted molar refractivity (Wildman–Crippen MR) is 54.9 cm³/mol. The molecule has 1 aliphatic rings. The van der Waals surface area contributed by atoms with Crippen LogP contribution >= 0.6 is 0 Å². The van der Waals surface area contributed by atoms with Crippen molar-refractivity contribution in [3.05, 3.63) is 0 Å². The molecule has 16 heavy (non-hydrogen) atoms. The fraction of sp³-hybridized carbons (Fsp3) is 0.800. The van der Waals surface area contributed by atoms with Gasteiger partial charge in [0.05, 0.1) is 0 Å². The summed E-state index contributed by atoms with van der Waals surface area (Å²) in [4.78, 5) is 22.0. The second-order valence-corrected chi connectivity index (χ2v) is 4.08. The van der Waals surface area contributed by atoms with Crippen LogP contribution in [0.2, 0.25) is 0 Å². The van der Waals surface area contributed by atoms with Gasteiger partial charge in [0.15, 0.2) is 6.10 Å². The molecule has 6 nitrogen and oxygen atoms in total. The van der Waals surface area contributed by atoms with Gasteiger partial charge in [0.2, 0.25) is 0 Å². The van der Waals surface area contributed by atoms with Gasteiger partial charge in [-0.25, -0.2) is 4.79 Å². The van der Waals surface area contributed by atoms with Gasteiger partial charge in [0.25, 0.3) is 5.91 Å². The van der Waals surface area contributed by atoms with Crippen LogP contribution < -0.4 is 5.32 Å². The van der Waals surface area contributed by atoms with Crippen LogP contribution in [0.3, 0.4) is 0 Å². The summed E-state index contributed by atoms with van der Waals surface area (Å²) in [6.07, 6.45) is 0.0803. The predicted octanol–water partition coefficient (Wildman–Crippen LogP) is -0.493. The summed E-state index contributed by atoms with van der Waals surface area (Å²) in [5.41, 5.74) is -0.797. The molecule has 1 saturated heterocycles. The van der Waals surface area contributed by atoms with Crippen molar-refractivity contribution in [3.8, 4) is 0 Å². The first-order valence-corrected chi connectivity index (χ1v) is 5.29. The number of carboxylic acid groups (broad SMARTS) is 1. The number of carbonyl (C=O) groups excluding carboxylic acids is 1. The molecule has 1 rings (SSSR count). The third-order valence-corrected chi connectivity index (χ3v) is 2.69. The standard InChI is InChI=1S/C10H17NO5/c1-10(4-2-6-16-10)9(15)11-5-3-7(12)8(13)14/h7,12H,2-6H2,1H3,(H,11,15)(H,13,14)/t7-,10?/m0/s1. The molecule has 0 bridgehead atoms. The van der Waals surface area contributed by atoms with Gasteiger partial charge in [-0.3, -0.25) is 4.79 Å². The number of hydrogen-bond acceptors (Lipinski definition) is 4. The second kappa shape index (κ2) is 5.27.